The topological polar surface area (TPSA) is 42.2 Å². The number of carbonyl (C=O) groups is 1. The van der Waals surface area contributed by atoms with Crippen LogP contribution in [0.2, 0.25) is 5.02 Å². The second-order valence-corrected chi connectivity index (χ2v) is 6.08. The van der Waals surface area contributed by atoms with E-state index in [9.17, 15) is 4.79 Å². The Morgan fingerprint density at radius 3 is 2.55 bits per heavy atom. The smallest absolute Gasteiger partial charge is 0.287 e. The molecule has 22 heavy (non-hydrogen) atoms. The predicted octanol–water partition coefficient (Wildman–Crippen LogP) is 3.98. The number of furan rings is 1. The van der Waals surface area contributed by atoms with E-state index in [1.807, 2.05) is 12.1 Å². The van der Waals surface area contributed by atoms with E-state index < -0.39 is 0 Å². The van der Waals surface area contributed by atoms with Gasteiger partial charge in [-0.25, -0.2) is 0 Å². The van der Waals surface area contributed by atoms with E-state index in [2.05, 4.69) is 17.4 Å². The van der Waals surface area contributed by atoms with Gasteiger partial charge in [0, 0.05) is 16.5 Å². The lowest BCUT2D eigenvalue weighted by Crippen LogP contribution is -2.35. The van der Waals surface area contributed by atoms with Gasteiger partial charge in [-0.2, -0.15) is 0 Å². The zero-order chi connectivity index (χ0) is 15.1. The van der Waals surface area contributed by atoms with E-state index >= 15 is 0 Å². The molecule has 110 valence electrons. The molecule has 1 aliphatic carbocycles. The maximum absolute atomic E-state index is 12.4. The van der Waals surface area contributed by atoms with Gasteiger partial charge in [0.1, 0.15) is 5.58 Å². The largest absolute Gasteiger partial charge is 0.451 e. The minimum atomic E-state index is -0.176. The molecule has 1 aromatic heterocycles. The number of amides is 1. The molecule has 0 spiro atoms. The van der Waals surface area contributed by atoms with E-state index in [1.165, 1.54) is 11.1 Å². The lowest BCUT2D eigenvalue weighted by atomic mass is 10.1. The van der Waals surface area contributed by atoms with Gasteiger partial charge in [0.25, 0.3) is 5.91 Å². The average molecular weight is 312 g/mol. The van der Waals surface area contributed by atoms with Crippen LogP contribution in [0.5, 0.6) is 0 Å². The third-order valence-corrected chi connectivity index (χ3v) is 4.32. The number of benzene rings is 2. The molecule has 1 N–H and O–H groups in total. The molecule has 1 heterocycles. The maximum atomic E-state index is 12.4. The van der Waals surface area contributed by atoms with Crippen LogP contribution >= 0.6 is 11.6 Å². The van der Waals surface area contributed by atoms with Gasteiger partial charge in [-0.05, 0) is 48.2 Å². The van der Waals surface area contributed by atoms with Crippen molar-refractivity contribution in [2.45, 2.75) is 18.9 Å². The zero-order valence-electron chi connectivity index (χ0n) is 11.8. The van der Waals surface area contributed by atoms with Crippen LogP contribution in [0.15, 0.2) is 52.9 Å². The van der Waals surface area contributed by atoms with E-state index in [1.54, 1.807) is 24.3 Å². The summed E-state index contributed by atoms with van der Waals surface area (Å²) in [6.07, 6.45) is 1.74. The summed E-state index contributed by atoms with van der Waals surface area (Å²) in [5, 5.41) is 4.52. The number of hydrogen-bond donors (Lipinski definition) is 1. The summed E-state index contributed by atoms with van der Waals surface area (Å²) in [5.74, 6) is 0.151. The van der Waals surface area contributed by atoms with Gasteiger partial charge in [-0.1, -0.05) is 35.9 Å². The van der Waals surface area contributed by atoms with Crippen LogP contribution in [0.25, 0.3) is 11.0 Å². The fourth-order valence-electron chi connectivity index (χ4n) is 3.04. The van der Waals surface area contributed by atoms with Crippen LogP contribution in [0, 0.1) is 0 Å². The Hall–Kier alpha value is -2.26. The summed E-state index contributed by atoms with van der Waals surface area (Å²) in [5.41, 5.74) is 3.29. The summed E-state index contributed by atoms with van der Waals surface area (Å²) in [7, 11) is 0. The molecule has 0 atom stereocenters. The lowest BCUT2D eigenvalue weighted by molar-refractivity contribution is 0.0913. The highest BCUT2D eigenvalue weighted by atomic mass is 35.5. The molecule has 2 aromatic carbocycles. The van der Waals surface area contributed by atoms with E-state index in [-0.39, 0.29) is 11.9 Å². The molecular formula is C18H14ClNO2. The molecule has 0 saturated heterocycles. The van der Waals surface area contributed by atoms with Crippen molar-refractivity contribution in [3.63, 3.8) is 0 Å². The van der Waals surface area contributed by atoms with Crippen molar-refractivity contribution < 1.29 is 9.21 Å². The van der Waals surface area contributed by atoms with Gasteiger partial charge in [-0.3, -0.25) is 4.79 Å². The third-order valence-electron chi connectivity index (χ3n) is 4.09. The standard InChI is InChI=1S/C18H14ClNO2/c19-14-5-6-16-13(7-14)10-17(22-16)18(21)20-15-8-11-3-1-2-4-12(11)9-15/h1-7,10,15H,8-9H2,(H,20,21). The Labute approximate surface area is 132 Å². The Morgan fingerprint density at radius 1 is 1.09 bits per heavy atom. The molecule has 1 amide bonds. The van der Waals surface area contributed by atoms with Crippen LogP contribution in [-0.4, -0.2) is 11.9 Å². The van der Waals surface area contributed by atoms with Crippen LogP contribution in [0.3, 0.4) is 0 Å². The molecule has 0 saturated carbocycles. The van der Waals surface area contributed by atoms with E-state index in [4.69, 9.17) is 16.0 Å². The van der Waals surface area contributed by atoms with Crippen molar-refractivity contribution in [3.8, 4) is 0 Å². The van der Waals surface area contributed by atoms with Crippen molar-refractivity contribution in [1.82, 2.24) is 5.32 Å². The second kappa shape index (κ2) is 5.18. The Balaban J connectivity index is 1.52. The van der Waals surface area contributed by atoms with E-state index in [0.29, 0.717) is 16.4 Å². The highest BCUT2D eigenvalue weighted by molar-refractivity contribution is 6.31. The molecule has 3 nitrogen and oxygen atoms in total. The van der Waals surface area contributed by atoms with Gasteiger partial charge in [-0.15, -0.1) is 0 Å². The Bertz CT molecular complexity index is 843. The molecule has 3 aromatic rings. The Kier molecular flexibility index (Phi) is 3.16. The second-order valence-electron chi connectivity index (χ2n) is 5.64. The molecular weight excluding hydrogens is 298 g/mol. The highest BCUT2D eigenvalue weighted by Crippen LogP contribution is 2.24. The van der Waals surface area contributed by atoms with Gasteiger partial charge in [0.05, 0.1) is 0 Å². The maximum Gasteiger partial charge on any atom is 0.287 e. The third kappa shape index (κ3) is 2.38. The molecule has 4 heteroatoms. The van der Waals surface area contributed by atoms with Gasteiger partial charge >= 0.3 is 0 Å². The zero-order valence-corrected chi connectivity index (χ0v) is 12.6. The Morgan fingerprint density at radius 2 is 1.82 bits per heavy atom. The number of carbonyl (C=O) groups excluding carboxylic acids is 1. The van der Waals surface area contributed by atoms with Crippen LogP contribution in [-0.2, 0) is 12.8 Å². The van der Waals surface area contributed by atoms with Gasteiger partial charge < -0.3 is 9.73 Å². The molecule has 0 aliphatic heterocycles. The minimum absolute atomic E-state index is 0.127. The first-order valence-electron chi connectivity index (χ1n) is 7.26. The van der Waals surface area contributed by atoms with E-state index in [0.717, 1.165) is 18.2 Å². The van der Waals surface area contributed by atoms with Crippen LogP contribution < -0.4 is 5.32 Å². The summed E-state index contributed by atoms with van der Waals surface area (Å²) in [4.78, 5) is 12.4. The van der Waals surface area contributed by atoms with Crippen LogP contribution in [0.4, 0.5) is 0 Å². The van der Waals surface area contributed by atoms with Crippen molar-refractivity contribution in [2.24, 2.45) is 0 Å². The first kappa shape index (κ1) is 13.4. The predicted molar refractivity (Wildman–Crippen MR) is 86.3 cm³/mol. The average Bonchev–Trinajstić information content (AvgIpc) is 3.09. The summed E-state index contributed by atoms with van der Waals surface area (Å²) >= 11 is 5.95. The lowest BCUT2D eigenvalue weighted by Gasteiger charge is -2.10. The number of hydrogen-bond acceptors (Lipinski definition) is 2. The quantitative estimate of drug-likeness (QED) is 0.777. The van der Waals surface area contributed by atoms with Crippen molar-refractivity contribution in [1.29, 1.82) is 0 Å². The molecule has 0 unspecified atom stereocenters. The van der Waals surface area contributed by atoms with Crippen molar-refractivity contribution in [2.75, 3.05) is 0 Å². The normalized spacial score (nSPS) is 14.2. The van der Waals surface area contributed by atoms with Crippen molar-refractivity contribution in [3.05, 3.63) is 70.4 Å². The van der Waals surface area contributed by atoms with Gasteiger partial charge in [0.15, 0.2) is 5.76 Å². The number of fused-ring (bicyclic) bond motifs is 2. The number of rotatable bonds is 2. The SMILES string of the molecule is O=C(NC1Cc2ccccc2C1)c1cc2cc(Cl)ccc2o1. The minimum Gasteiger partial charge on any atom is -0.451 e. The summed E-state index contributed by atoms with van der Waals surface area (Å²) in [6.45, 7) is 0. The van der Waals surface area contributed by atoms with Crippen LogP contribution in [0.1, 0.15) is 21.7 Å². The fourth-order valence-corrected chi connectivity index (χ4v) is 3.22. The molecule has 4 rings (SSSR count). The number of halogens is 1. The fraction of sp³-hybridized carbons (Fsp3) is 0.167. The first-order valence-corrected chi connectivity index (χ1v) is 7.63. The van der Waals surface area contributed by atoms with Crippen molar-refractivity contribution >= 4 is 28.5 Å². The molecule has 0 radical (unpaired) electrons. The molecule has 1 aliphatic rings. The molecule has 0 fully saturated rings. The molecule has 0 bridgehead atoms. The summed E-state index contributed by atoms with van der Waals surface area (Å²) < 4.78 is 5.60. The summed E-state index contributed by atoms with van der Waals surface area (Å²) in [6, 6.07) is 15.5. The highest BCUT2D eigenvalue weighted by Gasteiger charge is 2.24. The van der Waals surface area contributed by atoms with Gasteiger partial charge in [0.2, 0.25) is 0 Å². The first-order chi connectivity index (χ1) is 10.7. The number of nitrogens with one attached hydrogen (secondary N) is 1. The monoisotopic (exact) mass is 311 g/mol.